The van der Waals surface area contributed by atoms with Crippen LogP contribution in [-0.4, -0.2) is 40.8 Å². The van der Waals surface area contributed by atoms with Gasteiger partial charge in [0.25, 0.3) is 0 Å². The quantitative estimate of drug-likeness (QED) is 0.196. The van der Waals surface area contributed by atoms with Crippen LogP contribution in [0.15, 0.2) is 0 Å². The second kappa shape index (κ2) is 13.8. The molecule has 0 spiro atoms. The molecule has 0 aromatic rings. The summed E-state index contributed by atoms with van der Waals surface area (Å²) in [7, 11) is 0. The van der Waals surface area contributed by atoms with E-state index >= 15 is 0 Å². The van der Waals surface area contributed by atoms with Crippen molar-refractivity contribution >= 4 is 11.9 Å². The minimum atomic E-state index is -0.889. The zero-order chi connectivity index (χ0) is 23.3. The molecule has 5 nitrogen and oxygen atoms in total. The number of hydrogen-bond acceptors (Lipinski definition) is 4. The van der Waals surface area contributed by atoms with Gasteiger partial charge >= 0.3 is 6.09 Å². The largest absolute Gasteiger partial charge is 0.444 e. The number of nitrogens with zero attached hydrogens (tertiary/aromatic N) is 1. The van der Waals surface area contributed by atoms with Crippen molar-refractivity contribution in [2.75, 3.05) is 6.61 Å². The standard InChI is InChI=1S/C26H45NO4/c1-7-8-9-10-11-12-13-14-15-16-17-18-19-20-23(28)22-21-30-26(5,6)27(22)24(29)31-25(2,3)4/h22H,7-18,21H2,1-6H3/t22-/m1/s1. The Morgan fingerprint density at radius 2 is 1.48 bits per heavy atom. The minimum Gasteiger partial charge on any atom is -0.444 e. The first-order valence-electron chi connectivity index (χ1n) is 12.3. The molecule has 1 rings (SSSR count). The third-order valence-corrected chi connectivity index (χ3v) is 5.50. The second-order valence-corrected chi connectivity index (χ2v) is 10.1. The first-order chi connectivity index (χ1) is 14.6. The predicted octanol–water partition coefficient (Wildman–Crippen LogP) is 6.63. The number of unbranched alkanes of at least 4 members (excludes halogenated alkanes) is 11. The van der Waals surface area contributed by atoms with Crippen LogP contribution in [-0.2, 0) is 14.3 Å². The highest BCUT2D eigenvalue weighted by Gasteiger charge is 2.48. The highest BCUT2D eigenvalue weighted by molar-refractivity contribution is 6.01. The van der Waals surface area contributed by atoms with Gasteiger partial charge in [-0.2, -0.15) is 0 Å². The Labute approximate surface area is 190 Å². The van der Waals surface area contributed by atoms with Crippen molar-refractivity contribution in [2.45, 2.75) is 136 Å². The molecule has 0 N–H and O–H groups in total. The van der Waals surface area contributed by atoms with Crippen molar-refractivity contribution in [3.05, 3.63) is 0 Å². The Balaban J connectivity index is 2.30. The van der Waals surface area contributed by atoms with Crippen LogP contribution >= 0.6 is 0 Å². The van der Waals surface area contributed by atoms with Crippen LogP contribution < -0.4 is 0 Å². The zero-order valence-electron chi connectivity index (χ0n) is 20.8. The Morgan fingerprint density at radius 3 is 2.00 bits per heavy atom. The summed E-state index contributed by atoms with van der Waals surface area (Å²) >= 11 is 0. The second-order valence-electron chi connectivity index (χ2n) is 10.1. The van der Waals surface area contributed by atoms with Gasteiger partial charge < -0.3 is 9.47 Å². The van der Waals surface area contributed by atoms with Crippen molar-refractivity contribution in [2.24, 2.45) is 0 Å². The molecule has 0 aliphatic carbocycles. The van der Waals surface area contributed by atoms with Gasteiger partial charge in [-0.15, -0.1) is 0 Å². The highest BCUT2D eigenvalue weighted by Crippen LogP contribution is 2.29. The molecular formula is C26H45NO4. The van der Waals surface area contributed by atoms with Crippen LogP contribution in [0.3, 0.4) is 0 Å². The summed E-state index contributed by atoms with van der Waals surface area (Å²) in [5.74, 6) is 5.44. The van der Waals surface area contributed by atoms with E-state index in [4.69, 9.17) is 9.47 Å². The fourth-order valence-electron chi connectivity index (χ4n) is 3.76. The SMILES string of the molecule is CCCCCCCCCCCCCC#CC(=O)[C@H]1COC(C)(C)N1C(=O)OC(C)(C)C. The van der Waals surface area contributed by atoms with E-state index in [1.54, 1.807) is 34.6 Å². The van der Waals surface area contributed by atoms with E-state index in [2.05, 4.69) is 18.8 Å². The molecule has 1 aliphatic heterocycles. The van der Waals surface area contributed by atoms with Crippen LogP contribution in [0.25, 0.3) is 0 Å². The summed E-state index contributed by atoms with van der Waals surface area (Å²) in [4.78, 5) is 26.6. The topological polar surface area (TPSA) is 55.8 Å². The van der Waals surface area contributed by atoms with E-state index in [0.29, 0.717) is 6.42 Å². The van der Waals surface area contributed by atoms with Gasteiger partial charge in [-0.3, -0.25) is 9.69 Å². The zero-order valence-corrected chi connectivity index (χ0v) is 20.8. The van der Waals surface area contributed by atoms with Gasteiger partial charge in [-0.05, 0) is 47.0 Å². The minimum absolute atomic E-state index is 0.151. The molecule has 1 atom stereocenters. The smallest absolute Gasteiger partial charge is 0.413 e. The lowest BCUT2D eigenvalue weighted by molar-refractivity contribution is -0.119. The van der Waals surface area contributed by atoms with Crippen LogP contribution in [0.2, 0.25) is 0 Å². The van der Waals surface area contributed by atoms with Crippen molar-refractivity contribution in [3.63, 3.8) is 0 Å². The highest BCUT2D eigenvalue weighted by atomic mass is 16.6. The van der Waals surface area contributed by atoms with Gasteiger partial charge in [-0.1, -0.05) is 77.1 Å². The van der Waals surface area contributed by atoms with Crippen molar-refractivity contribution in [1.29, 1.82) is 0 Å². The van der Waals surface area contributed by atoms with Crippen LogP contribution in [0.4, 0.5) is 4.79 Å². The first-order valence-corrected chi connectivity index (χ1v) is 12.3. The Morgan fingerprint density at radius 1 is 0.968 bits per heavy atom. The molecule has 0 saturated carbocycles. The molecule has 0 aromatic heterocycles. The molecule has 0 bridgehead atoms. The monoisotopic (exact) mass is 435 g/mol. The average Bonchev–Trinajstić information content (AvgIpc) is 2.99. The molecule has 31 heavy (non-hydrogen) atoms. The molecule has 1 amide bonds. The van der Waals surface area contributed by atoms with E-state index in [0.717, 1.165) is 12.8 Å². The lowest BCUT2D eigenvalue weighted by atomic mass is 10.1. The molecule has 178 valence electrons. The number of Topliss-reactive ketones (excluding diaryl/α,β-unsaturated/α-hetero) is 1. The molecule has 1 fully saturated rings. The molecular weight excluding hydrogens is 390 g/mol. The van der Waals surface area contributed by atoms with Crippen molar-refractivity contribution in [1.82, 2.24) is 4.90 Å². The number of amides is 1. The van der Waals surface area contributed by atoms with E-state index in [1.807, 2.05) is 0 Å². The molecule has 0 unspecified atom stereocenters. The van der Waals surface area contributed by atoms with E-state index < -0.39 is 23.5 Å². The van der Waals surface area contributed by atoms with Gasteiger partial charge in [0, 0.05) is 6.42 Å². The summed E-state index contributed by atoms with van der Waals surface area (Å²) in [5, 5.41) is 0. The first kappa shape index (κ1) is 27.5. The van der Waals surface area contributed by atoms with Gasteiger partial charge in [0.05, 0.1) is 6.61 Å². The van der Waals surface area contributed by atoms with Crippen LogP contribution in [0, 0.1) is 11.8 Å². The number of ether oxygens (including phenoxy) is 2. The summed E-state index contributed by atoms with van der Waals surface area (Å²) in [5.41, 5.74) is -1.52. The maximum Gasteiger partial charge on any atom is 0.413 e. The molecule has 0 radical (unpaired) electrons. The maximum atomic E-state index is 12.6. The normalized spacial score (nSPS) is 17.9. The number of ketones is 1. The summed E-state index contributed by atoms with van der Waals surface area (Å²) in [6.07, 6.45) is 14.4. The van der Waals surface area contributed by atoms with Gasteiger partial charge in [0.2, 0.25) is 5.78 Å². The predicted molar refractivity (Wildman–Crippen MR) is 126 cm³/mol. The summed E-state index contributed by atoms with van der Waals surface area (Å²) in [6.45, 7) is 11.4. The van der Waals surface area contributed by atoms with Gasteiger partial charge in [-0.25, -0.2) is 4.79 Å². The Bertz CT molecular complexity index is 609. The molecule has 1 aliphatic rings. The van der Waals surface area contributed by atoms with E-state index in [-0.39, 0.29) is 12.4 Å². The van der Waals surface area contributed by atoms with Crippen molar-refractivity contribution < 1.29 is 19.1 Å². The maximum absolute atomic E-state index is 12.6. The molecule has 1 heterocycles. The third kappa shape index (κ3) is 11.1. The van der Waals surface area contributed by atoms with Gasteiger partial charge in [0.1, 0.15) is 17.4 Å². The number of hydrogen-bond donors (Lipinski definition) is 0. The lowest BCUT2D eigenvalue weighted by Gasteiger charge is -2.34. The molecule has 5 heteroatoms. The fraction of sp³-hybridized carbons (Fsp3) is 0.846. The summed E-state index contributed by atoms with van der Waals surface area (Å²) < 4.78 is 11.1. The summed E-state index contributed by atoms with van der Waals surface area (Å²) in [6, 6.07) is -0.713. The Kier molecular flexibility index (Phi) is 12.2. The van der Waals surface area contributed by atoms with E-state index in [9.17, 15) is 9.59 Å². The third-order valence-electron chi connectivity index (χ3n) is 5.50. The van der Waals surface area contributed by atoms with Crippen molar-refractivity contribution in [3.8, 4) is 11.8 Å². The van der Waals surface area contributed by atoms with E-state index in [1.165, 1.54) is 62.7 Å². The van der Waals surface area contributed by atoms with Gasteiger partial charge in [0.15, 0.2) is 0 Å². The lowest BCUT2D eigenvalue weighted by Crippen LogP contribution is -2.52. The number of carbonyl (C=O) groups excluding carboxylic acids is 2. The molecule has 1 saturated heterocycles. The number of rotatable bonds is 12. The Hall–Kier alpha value is -1.54. The van der Waals surface area contributed by atoms with Crippen LogP contribution in [0.1, 0.15) is 119 Å². The average molecular weight is 436 g/mol. The molecule has 0 aromatic carbocycles. The van der Waals surface area contributed by atoms with Crippen LogP contribution in [0.5, 0.6) is 0 Å². The number of carbonyl (C=O) groups is 2. The fourth-order valence-corrected chi connectivity index (χ4v) is 3.76.